The van der Waals surface area contributed by atoms with Gasteiger partial charge < -0.3 is 24.5 Å². The van der Waals surface area contributed by atoms with Gasteiger partial charge in [0.2, 0.25) is 0 Å². The summed E-state index contributed by atoms with van der Waals surface area (Å²) >= 11 is 0. The Balaban J connectivity index is 0.702. The number of hydrogen-bond donors (Lipinski definition) is 0. The molecule has 0 aromatic heterocycles. The molecule has 452 valence electrons. The summed E-state index contributed by atoms with van der Waals surface area (Å²) in [4.78, 5) is 11.6. The highest BCUT2D eigenvalue weighted by Crippen LogP contribution is 2.45. The van der Waals surface area contributed by atoms with Gasteiger partial charge in [-0.15, -0.1) is 0 Å². The molecule has 0 aliphatic rings. The first-order chi connectivity index (χ1) is 47.1. The summed E-state index contributed by atoms with van der Waals surface area (Å²) in [6.07, 6.45) is 0. The van der Waals surface area contributed by atoms with Crippen LogP contribution in [-0.4, -0.2) is 0 Å². The van der Waals surface area contributed by atoms with Gasteiger partial charge in [0, 0.05) is 85.3 Å². The van der Waals surface area contributed by atoms with E-state index in [1.165, 1.54) is 44.5 Å². The van der Waals surface area contributed by atoms with Crippen LogP contribution >= 0.6 is 0 Å². The number of anilines is 15. The highest BCUT2D eigenvalue weighted by atomic mass is 15.2. The SMILES string of the molecule is c1ccc(-c2ccc(-c3ccc(N(c4ccccc4)c4ccc(N(c5ccccc5)c5ccc(N(c6ccccc6)c6ccc(N(c7ccccc7)c7ccc(N(c8ccccc8)c8ccc(-c9ccc(-c%10ccccc%10)cc9)cc8)cc7)cc6)cc5)cc4)cc3)cc2)cc1. The molecule has 0 fully saturated rings. The third-order valence-corrected chi connectivity index (χ3v) is 17.4. The summed E-state index contributed by atoms with van der Waals surface area (Å²) in [5.41, 5.74) is 25.4. The van der Waals surface area contributed by atoms with Gasteiger partial charge in [0.15, 0.2) is 0 Å². The molecule has 0 amide bonds. The molecule has 15 rings (SSSR count). The molecular formula is C90H67N5. The van der Waals surface area contributed by atoms with Gasteiger partial charge in [-0.1, -0.05) is 224 Å². The van der Waals surface area contributed by atoms with Crippen LogP contribution in [0.25, 0.3) is 44.5 Å². The second-order valence-electron chi connectivity index (χ2n) is 23.4. The minimum Gasteiger partial charge on any atom is -0.311 e. The third kappa shape index (κ3) is 12.9. The van der Waals surface area contributed by atoms with Crippen LogP contribution in [0.3, 0.4) is 0 Å². The molecular weight excluding hydrogens is 1150 g/mol. The van der Waals surface area contributed by atoms with E-state index in [1.807, 2.05) is 0 Å². The van der Waals surface area contributed by atoms with Gasteiger partial charge in [0.05, 0.1) is 0 Å². The van der Waals surface area contributed by atoms with Gasteiger partial charge in [-0.25, -0.2) is 0 Å². The van der Waals surface area contributed by atoms with Crippen molar-refractivity contribution in [1.82, 2.24) is 0 Å². The van der Waals surface area contributed by atoms with Crippen molar-refractivity contribution in [3.8, 4) is 44.5 Å². The van der Waals surface area contributed by atoms with Gasteiger partial charge in [-0.05, 0) is 226 Å². The monoisotopic (exact) mass is 1220 g/mol. The van der Waals surface area contributed by atoms with E-state index in [1.54, 1.807) is 0 Å². The van der Waals surface area contributed by atoms with Crippen molar-refractivity contribution < 1.29 is 0 Å². The van der Waals surface area contributed by atoms with E-state index in [0.717, 1.165) is 85.3 Å². The Hall–Kier alpha value is -12.7. The first kappa shape index (κ1) is 58.7. The summed E-state index contributed by atoms with van der Waals surface area (Å²) in [7, 11) is 0. The number of nitrogens with zero attached hydrogens (tertiary/aromatic N) is 5. The second-order valence-corrected chi connectivity index (χ2v) is 23.4. The van der Waals surface area contributed by atoms with Crippen LogP contribution in [0.4, 0.5) is 85.3 Å². The van der Waals surface area contributed by atoms with Crippen LogP contribution in [-0.2, 0) is 0 Å². The quantitative estimate of drug-likeness (QED) is 0.0800. The molecule has 0 unspecified atom stereocenters. The first-order valence-electron chi connectivity index (χ1n) is 32.3. The molecule has 0 saturated carbocycles. The standard InChI is InChI=1S/C90H67N5/c1-8-22-68(23-9-1)70-36-40-72(41-37-70)74-44-48-81(49-45-74)91(76-26-12-3-13-27-76)83-52-56-85(57-53-83)93(78-30-16-5-17-31-78)87-60-64-89(65-61-87)95(80-34-20-7-21-35-80)90-66-62-88(63-67-90)94(79-32-18-6-19-33-79)86-58-54-84(55-59-86)92(77-28-14-4-15-29-77)82-50-46-75(47-51-82)73-42-38-71(39-43-73)69-24-10-2-11-25-69/h1-67H. The average molecular weight is 1220 g/mol. The molecule has 0 aliphatic carbocycles. The molecule has 0 heterocycles. The van der Waals surface area contributed by atoms with Crippen molar-refractivity contribution in [3.63, 3.8) is 0 Å². The molecule has 15 aromatic rings. The highest BCUT2D eigenvalue weighted by Gasteiger charge is 2.21. The summed E-state index contributed by atoms with van der Waals surface area (Å²) in [5.74, 6) is 0. The lowest BCUT2D eigenvalue weighted by atomic mass is 10.00. The number of hydrogen-bond acceptors (Lipinski definition) is 5. The van der Waals surface area contributed by atoms with E-state index in [4.69, 9.17) is 0 Å². The van der Waals surface area contributed by atoms with Crippen molar-refractivity contribution in [2.45, 2.75) is 0 Å². The van der Waals surface area contributed by atoms with Crippen molar-refractivity contribution in [2.75, 3.05) is 24.5 Å². The lowest BCUT2D eigenvalue weighted by molar-refractivity contribution is 1.24. The van der Waals surface area contributed by atoms with Gasteiger partial charge in [-0.3, -0.25) is 0 Å². The predicted molar refractivity (Wildman–Crippen MR) is 402 cm³/mol. The largest absolute Gasteiger partial charge is 0.311 e. The average Bonchev–Trinajstić information content (AvgIpc) is 0.969. The Morgan fingerprint density at radius 3 is 0.326 bits per heavy atom. The fourth-order valence-electron chi connectivity index (χ4n) is 12.7. The molecule has 5 nitrogen and oxygen atoms in total. The Bertz CT molecular complexity index is 4590. The van der Waals surface area contributed by atoms with E-state index in [9.17, 15) is 0 Å². The Morgan fingerprint density at radius 2 is 0.179 bits per heavy atom. The fraction of sp³-hybridized carbons (Fsp3) is 0. The van der Waals surface area contributed by atoms with Gasteiger partial charge >= 0.3 is 0 Å². The molecule has 0 radical (unpaired) electrons. The van der Waals surface area contributed by atoms with Crippen molar-refractivity contribution in [1.29, 1.82) is 0 Å². The van der Waals surface area contributed by atoms with Crippen LogP contribution in [0.15, 0.2) is 406 Å². The number of para-hydroxylation sites is 5. The first-order valence-corrected chi connectivity index (χ1v) is 32.3. The molecule has 0 bridgehead atoms. The second kappa shape index (κ2) is 27.4. The minimum absolute atomic E-state index is 1.04. The van der Waals surface area contributed by atoms with Gasteiger partial charge in [0.25, 0.3) is 0 Å². The zero-order chi connectivity index (χ0) is 63.5. The zero-order valence-electron chi connectivity index (χ0n) is 52.4. The van der Waals surface area contributed by atoms with Gasteiger partial charge in [-0.2, -0.15) is 0 Å². The molecule has 0 spiro atoms. The third-order valence-electron chi connectivity index (χ3n) is 17.4. The zero-order valence-corrected chi connectivity index (χ0v) is 52.4. The van der Waals surface area contributed by atoms with E-state index in [0.29, 0.717) is 0 Å². The molecule has 95 heavy (non-hydrogen) atoms. The Labute approximate surface area is 557 Å². The summed E-state index contributed by atoms with van der Waals surface area (Å²) in [6, 6.07) is 145. The van der Waals surface area contributed by atoms with Crippen molar-refractivity contribution in [2.24, 2.45) is 0 Å². The number of benzene rings is 15. The van der Waals surface area contributed by atoms with Crippen LogP contribution in [0.5, 0.6) is 0 Å². The summed E-state index contributed by atoms with van der Waals surface area (Å²) in [5, 5.41) is 0. The molecule has 5 heteroatoms. The molecule has 0 saturated heterocycles. The lowest BCUT2D eigenvalue weighted by Gasteiger charge is -2.30. The highest BCUT2D eigenvalue weighted by molar-refractivity contribution is 5.87. The topological polar surface area (TPSA) is 16.2 Å². The molecule has 0 atom stereocenters. The van der Waals surface area contributed by atoms with Gasteiger partial charge in [0.1, 0.15) is 0 Å². The molecule has 0 N–H and O–H groups in total. The summed E-state index contributed by atoms with van der Waals surface area (Å²) < 4.78 is 0. The van der Waals surface area contributed by atoms with Crippen molar-refractivity contribution in [3.05, 3.63) is 406 Å². The predicted octanol–water partition coefficient (Wildman–Crippen LogP) is 25.7. The summed E-state index contributed by atoms with van der Waals surface area (Å²) in [6.45, 7) is 0. The maximum absolute atomic E-state index is 2.33. The normalized spacial score (nSPS) is 10.9. The number of rotatable bonds is 19. The minimum atomic E-state index is 1.04. The molecule has 0 aliphatic heterocycles. The van der Waals surface area contributed by atoms with Crippen LogP contribution in [0, 0.1) is 0 Å². The van der Waals surface area contributed by atoms with Crippen LogP contribution in [0.2, 0.25) is 0 Å². The van der Waals surface area contributed by atoms with Crippen molar-refractivity contribution >= 4 is 85.3 Å². The van der Waals surface area contributed by atoms with E-state index in [2.05, 4.69) is 431 Å². The maximum atomic E-state index is 2.33. The van der Waals surface area contributed by atoms with E-state index < -0.39 is 0 Å². The van der Waals surface area contributed by atoms with Crippen LogP contribution < -0.4 is 24.5 Å². The maximum Gasteiger partial charge on any atom is 0.0463 e. The smallest absolute Gasteiger partial charge is 0.0463 e. The molecule has 15 aromatic carbocycles. The Morgan fingerprint density at radius 1 is 0.0842 bits per heavy atom. The fourth-order valence-corrected chi connectivity index (χ4v) is 12.7. The lowest BCUT2D eigenvalue weighted by Crippen LogP contribution is -2.13. The van der Waals surface area contributed by atoms with E-state index in [-0.39, 0.29) is 0 Å². The Kier molecular flexibility index (Phi) is 16.9. The van der Waals surface area contributed by atoms with E-state index >= 15 is 0 Å². The van der Waals surface area contributed by atoms with Crippen LogP contribution in [0.1, 0.15) is 0 Å².